The van der Waals surface area contributed by atoms with E-state index in [2.05, 4.69) is 46.8 Å². The van der Waals surface area contributed by atoms with E-state index in [9.17, 15) is 0 Å². The van der Waals surface area contributed by atoms with Gasteiger partial charge in [0.05, 0.1) is 5.69 Å². The molecule has 0 aliphatic carbocycles. The Labute approximate surface area is 161 Å². The summed E-state index contributed by atoms with van der Waals surface area (Å²) in [6, 6.07) is 18.5. The lowest BCUT2D eigenvalue weighted by Crippen LogP contribution is -1.95. The molecule has 0 radical (unpaired) electrons. The Morgan fingerprint density at radius 1 is 1.00 bits per heavy atom. The summed E-state index contributed by atoms with van der Waals surface area (Å²) in [5, 5.41) is 12.8. The molecule has 2 aromatic heterocycles. The van der Waals surface area contributed by atoms with Crippen molar-refractivity contribution in [3.05, 3.63) is 71.2 Å². The van der Waals surface area contributed by atoms with Crippen molar-refractivity contribution in [1.29, 1.82) is 0 Å². The highest BCUT2D eigenvalue weighted by Crippen LogP contribution is 2.30. The molecule has 2 aromatic carbocycles. The molecule has 6 heteroatoms. The van der Waals surface area contributed by atoms with Crippen LogP contribution in [0.15, 0.2) is 65.1 Å². The zero-order valence-electron chi connectivity index (χ0n) is 14.6. The molecule has 2 heterocycles. The van der Waals surface area contributed by atoms with E-state index in [-0.39, 0.29) is 0 Å². The average Bonchev–Trinajstić information content (AvgIpc) is 3.28. The van der Waals surface area contributed by atoms with Crippen molar-refractivity contribution in [2.45, 2.75) is 17.8 Å². The van der Waals surface area contributed by atoms with Gasteiger partial charge in [0.1, 0.15) is 5.01 Å². The summed E-state index contributed by atoms with van der Waals surface area (Å²) in [5.74, 6) is 1.66. The van der Waals surface area contributed by atoms with E-state index in [1.807, 2.05) is 41.9 Å². The molecule has 0 amide bonds. The summed E-state index contributed by atoms with van der Waals surface area (Å²) in [6.07, 6.45) is 0. The van der Waals surface area contributed by atoms with Gasteiger partial charge in [0.15, 0.2) is 11.0 Å². The first-order valence-electron chi connectivity index (χ1n) is 8.30. The summed E-state index contributed by atoms with van der Waals surface area (Å²) in [7, 11) is 2.00. The molecule has 4 aromatic rings. The Balaban J connectivity index is 1.49. The number of nitrogens with zero attached hydrogens (tertiary/aromatic N) is 4. The van der Waals surface area contributed by atoms with Crippen molar-refractivity contribution >= 4 is 23.1 Å². The van der Waals surface area contributed by atoms with Crippen LogP contribution in [0.5, 0.6) is 0 Å². The summed E-state index contributed by atoms with van der Waals surface area (Å²) in [6.45, 7) is 2.12. The second-order valence-corrected chi connectivity index (χ2v) is 7.78. The summed E-state index contributed by atoms with van der Waals surface area (Å²) in [5.41, 5.74) is 4.60. The van der Waals surface area contributed by atoms with E-state index in [0.29, 0.717) is 0 Å². The molecule has 4 rings (SSSR count). The predicted octanol–water partition coefficient (Wildman–Crippen LogP) is 5.21. The lowest BCUT2D eigenvalue weighted by atomic mass is 10.1. The van der Waals surface area contributed by atoms with E-state index in [0.717, 1.165) is 33.0 Å². The van der Waals surface area contributed by atoms with Crippen molar-refractivity contribution in [3.63, 3.8) is 0 Å². The molecule has 26 heavy (non-hydrogen) atoms. The molecule has 0 fully saturated rings. The van der Waals surface area contributed by atoms with Crippen LogP contribution in [0, 0.1) is 6.92 Å². The quantitative estimate of drug-likeness (QED) is 0.447. The van der Waals surface area contributed by atoms with Crippen LogP contribution in [0.3, 0.4) is 0 Å². The van der Waals surface area contributed by atoms with E-state index >= 15 is 0 Å². The normalized spacial score (nSPS) is 11.0. The Bertz CT molecular complexity index is 1020. The summed E-state index contributed by atoms with van der Waals surface area (Å²) < 4.78 is 2.04. The molecular weight excluding hydrogens is 360 g/mol. The third kappa shape index (κ3) is 3.43. The molecule has 0 spiro atoms. The van der Waals surface area contributed by atoms with Gasteiger partial charge >= 0.3 is 0 Å². The van der Waals surface area contributed by atoms with Gasteiger partial charge in [-0.15, -0.1) is 21.5 Å². The lowest BCUT2D eigenvalue weighted by Gasteiger charge is -2.03. The topological polar surface area (TPSA) is 43.6 Å². The highest BCUT2D eigenvalue weighted by molar-refractivity contribution is 7.98. The Morgan fingerprint density at radius 2 is 1.77 bits per heavy atom. The smallest absolute Gasteiger partial charge is 0.191 e. The molecule has 130 valence electrons. The minimum Gasteiger partial charge on any atom is -0.305 e. The zero-order valence-corrected chi connectivity index (χ0v) is 16.2. The van der Waals surface area contributed by atoms with Crippen molar-refractivity contribution in [2.75, 3.05) is 0 Å². The van der Waals surface area contributed by atoms with E-state index in [1.165, 1.54) is 11.1 Å². The van der Waals surface area contributed by atoms with E-state index in [4.69, 9.17) is 4.98 Å². The number of hydrogen-bond donors (Lipinski definition) is 0. The molecular formula is C20H18N4S2. The molecule has 0 saturated heterocycles. The standard InChI is InChI=1S/C20H18N4S2/c1-14-8-6-7-11-17(14)19-21-16(12-25-19)13-26-20-23-22-18(24(20)2)15-9-4-3-5-10-15/h3-12H,13H2,1-2H3. The fraction of sp³-hybridized carbons (Fsp3) is 0.150. The Kier molecular flexibility index (Phi) is 4.86. The van der Waals surface area contributed by atoms with Gasteiger partial charge in [0.2, 0.25) is 0 Å². The number of thiazole rings is 1. The maximum Gasteiger partial charge on any atom is 0.191 e. The SMILES string of the molecule is Cc1ccccc1-c1nc(CSc2nnc(-c3ccccc3)n2C)cs1. The summed E-state index contributed by atoms with van der Waals surface area (Å²) >= 11 is 3.35. The van der Waals surface area contributed by atoms with Crippen LogP contribution in [0.4, 0.5) is 0 Å². The first-order valence-corrected chi connectivity index (χ1v) is 10.2. The van der Waals surface area contributed by atoms with Crippen molar-refractivity contribution < 1.29 is 0 Å². The molecule has 0 aliphatic heterocycles. The van der Waals surface area contributed by atoms with E-state index < -0.39 is 0 Å². The van der Waals surface area contributed by atoms with Crippen LogP contribution in [-0.2, 0) is 12.8 Å². The Morgan fingerprint density at radius 3 is 2.58 bits per heavy atom. The monoisotopic (exact) mass is 378 g/mol. The number of aryl methyl sites for hydroxylation is 1. The van der Waals surface area contributed by atoms with Gasteiger partial charge in [-0.25, -0.2) is 4.98 Å². The van der Waals surface area contributed by atoms with Gasteiger partial charge in [0, 0.05) is 29.3 Å². The van der Waals surface area contributed by atoms with Crippen LogP contribution in [0.1, 0.15) is 11.3 Å². The second kappa shape index (κ2) is 7.43. The largest absolute Gasteiger partial charge is 0.305 e. The van der Waals surface area contributed by atoms with Gasteiger partial charge in [0.25, 0.3) is 0 Å². The van der Waals surface area contributed by atoms with Crippen molar-refractivity contribution in [1.82, 2.24) is 19.7 Å². The molecule has 0 saturated carbocycles. The fourth-order valence-electron chi connectivity index (χ4n) is 2.73. The third-order valence-corrected chi connectivity index (χ3v) is 6.12. The highest BCUT2D eigenvalue weighted by Gasteiger charge is 2.12. The third-order valence-electron chi connectivity index (χ3n) is 4.14. The van der Waals surface area contributed by atoms with E-state index in [1.54, 1.807) is 23.1 Å². The van der Waals surface area contributed by atoms with Crippen LogP contribution >= 0.6 is 23.1 Å². The number of aromatic nitrogens is 4. The van der Waals surface area contributed by atoms with Crippen LogP contribution in [-0.4, -0.2) is 19.7 Å². The van der Waals surface area contributed by atoms with Gasteiger partial charge in [-0.3, -0.25) is 0 Å². The molecule has 0 bridgehead atoms. The first kappa shape index (κ1) is 17.0. The van der Waals surface area contributed by atoms with Crippen LogP contribution in [0.2, 0.25) is 0 Å². The van der Waals surface area contributed by atoms with Gasteiger partial charge in [-0.1, -0.05) is 66.4 Å². The average molecular weight is 379 g/mol. The Hall–Kier alpha value is -2.44. The molecule has 0 atom stereocenters. The van der Waals surface area contributed by atoms with Crippen LogP contribution < -0.4 is 0 Å². The number of benzene rings is 2. The van der Waals surface area contributed by atoms with Gasteiger partial charge in [-0.05, 0) is 12.5 Å². The maximum atomic E-state index is 4.79. The molecule has 0 aliphatic rings. The molecule has 0 unspecified atom stereocenters. The highest BCUT2D eigenvalue weighted by atomic mass is 32.2. The predicted molar refractivity (Wildman–Crippen MR) is 108 cm³/mol. The van der Waals surface area contributed by atoms with Gasteiger partial charge < -0.3 is 4.57 Å². The van der Waals surface area contributed by atoms with Crippen molar-refractivity contribution in [3.8, 4) is 22.0 Å². The summed E-state index contributed by atoms with van der Waals surface area (Å²) in [4.78, 5) is 4.79. The number of rotatable bonds is 5. The minimum absolute atomic E-state index is 0.781. The number of thioether (sulfide) groups is 1. The first-order chi connectivity index (χ1) is 12.7. The van der Waals surface area contributed by atoms with Gasteiger partial charge in [-0.2, -0.15) is 0 Å². The minimum atomic E-state index is 0.781. The molecule has 4 nitrogen and oxygen atoms in total. The zero-order chi connectivity index (χ0) is 17.9. The maximum absolute atomic E-state index is 4.79. The number of hydrogen-bond acceptors (Lipinski definition) is 5. The second-order valence-electron chi connectivity index (χ2n) is 5.98. The van der Waals surface area contributed by atoms with Crippen LogP contribution in [0.25, 0.3) is 22.0 Å². The van der Waals surface area contributed by atoms with Crippen molar-refractivity contribution in [2.24, 2.45) is 7.05 Å². The molecule has 0 N–H and O–H groups in total. The fourth-order valence-corrected chi connectivity index (χ4v) is 4.55. The lowest BCUT2D eigenvalue weighted by molar-refractivity contribution is 0.793.